The van der Waals surface area contributed by atoms with Crippen LogP contribution in [0.3, 0.4) is 0 Å². The van der Waals surface area contributed by atoms with Crippen LogP contribution in [0.15, 0.2) is 9.59 Å². The summed E-state index contributed by atoms with van der Waals surface area (Å²) in [5.41, 5.74) is 4.64. The minimum atomic E-state index is -0.577. The van der Waals surface area contributed by atoms with E-state index >= 15 is 0 Å². The number of anilines is 1. The average Bonchev–Trinajstić information content (AvgIpc) is 2.64. The van der Waals surface area contributed by atoms with Gasteiger partial charge in [-0.05, 0) is 25.4 Å². The Morgan fingerprint density at radius 3 is 2.80 bits per heavy atom. The molecule has 1 unspecified atom stereocenters. The molecule has 1 fully saturated rings. The van der Waals surface area contributed by atoms with Gasteiger partial charge in [0.15, 0.2) is 0 Å². The monoisotopic (exact) mass is 282 g/mol. The van der Waals surface area contributed by atoms with E-state index in [4.69, 9.17) is 5.73 Å². The number of nitrogens with zero attached hydrogens (tertiary/aromatic N) is 3. The third kappa shape index (κ3) is 3.67. The SMILES string of the molecule is CC(CN)CN1CCCN(c2n[nH]c(=O)[nH]c2=O)CC1. The first kappa shape index (κ1) is 14.7. The van der Waals surface area contributed by atoms with Crippen molar-refractivity contribution in [3.63, 3.8) is 0 Å². The molecule has 20 heavy (non-hydrogen) atoms. The van der Waals surface area contributed by atoms with Gasteiger partial charge < -0.3 is 15.5 Å². The van der Waals surface area contributed by atoms with E-state index in [1.165, 1.54) is 0 Å². The Kier molecular flexibility index (Phi) is 4.91. The van der Waals surface area contributed by atoms with Crippen LogP contribution in [0, 0.1) is 5.92 Å². The van der Waals surface area contributed by atoms with Gasteiger partial charge in [-0.1, -0.05) is 6.92 Å². The van der Waals surface area contributed by atoms with Crippen molar-refractivity contribution >= 4 is 5.82 Å². The topological polar surface area (TPSA) is 111 Å². The van der Waals surface area contributed by atoms with Crippen molar-refractivity contribution in [2.75, 3.05) is 44.2 Å². The van der Waals surface area contributed by atoms with Crippen molar-refractivity contribution in [1.82, 2.24) is 20.1 Å². The second-order valence-electron chi connectivity index (χ2n) is 5.31. The number of hydrogen-bond acceptors (Lipinski definition) is 6. The summed E-state index contributed by atoms with van der Waals surface area (Å²) in [4.78, 5) is 29.2. The lowest BCUT2D eigenvalue weighted by Crippen LogP contribution is -2.38. The van der Waals surface area contributed by atoms with Crippen LogP contribution in [0.2, 0.25) is 0 Å². The van der Waals surface area contributed by atoms with Gasteiger partial charge in [-0.2, -0.15) is 0 Å². The highest BCUT2D eigenvalue weighted by Gasteiger charge is 2.19. The van der Waals surface area contributed by atoms with Crippen molar-refractivity contribution in [2.45, 2.75) is 13.3 Å². The van der Waals surface area contributed by atoms with Crippen LogP contribution < -0.4 is 21.9 Å². The number of aromatic amines is 2. The molecule has 4 N–H and O–H groups in total. The number of aromatic nitrogens is 3. The van der Waals surface area contributed by atoms with Crippen molar-refractivity contribution in [2.24, 2.45) is 11.7 Å². The second kappa shape index (κ2) is 6.67. The Hall–Kier alpha value is -1.67. The second-order valence-corrected chi connectivity index (χ2v) is 5.31. The third-order valence-electron chi connectivity index (χ3n) is 3.55. The fourth-order valence-corrected chi connectivity index (χ4v) is 2.44. The maximum absolute atomic E-state index is 11.7. The molecule has 1 atom stereocenters. The number of nitrogens with two attached hydrogens (primary N) is 1. The van der Waals surface area contributed by atoms with Gasteiger partial charge in [-0.25, -0.2) is 9.89 Å². The Morgan fingerprint density at radius 2 is 2.10 bits per heavy atom. The minimum Gasteiger partial charge on any atom is -0.349 e. The normalized spacial score (nSPS) is 18.8. The summed E-state index contributed by atoms with van der Waals surface area (Å²) < 4.78 is 0. The van der Waals surface area contributed by atoms with Crippen LogP contribution in [0.5, 0.6) is 0 Å². The van der Waals surface area contributed by atoms with Gasteiger partial charge in [-0.3, -0.25) is 9.78 Å². The molecule has 0 radical (unpaired) electrons. The Labute approximate surface area is 117 Å². The Balaban J connectivity index is 2.02. The Morgan fingerprint density at radius 1 is 1.30 bits per heavy atom. The minimum absolute atomic E-state index is 0.290. The highest BCUT2D eigenvalue weighted by atomic mass is 16.2. The van der Waals surface area contributed by atoms with E-state index in [9.17, 15) is 9.59 Å². The quantitative estimate of drug-likeness (QED) is 0.624. The molecule has 1 aromatic rings. The summed E-state index contributed by atoms with van der Waals surface area (Å²) >= 11 is 0. The molecule has 8 nitrogen and oxygen atoms in total. The molecule has 2 heterocycles. The van der Waals surface area contributed by atoms with Crippen LogP contribution in [0.25, 0.3) is 0 Å². The summed E-state index contributed by atoms with van der Waals surface area (Å²) in [6, 6.07) is 0. The van der Waals surface area contributed by atoms with E-state index in [0.717, 1.165) is 39.1 Å². The van der Waals surface area contributed by atoms with Gasteiger partial charge in [0, 0.05) is 26.2 Å². The van der Waals surface area contributed by atoms with E-state index in [1.807, 2.05) is 4.90 Å². The maximum atomic E-state index is 11.7. The van der Waals surface area contributed by atoms with Crippen molar-refractivity contribution < 1.29 is 0 Å². The summed E-state index contributed by atoms with van der Waals surface area (Å²) in [5, 5.41) is 6.13. The molecule has 0 aromatic carbocycles. The number of rotatable bonds is 4. The molecule has 1 aromatic heterocycles. The summed E-state index contributed by atoms with van der Waals surface area (Å²) in [6.45, 7) is 7.12. The fraction of sp³-hybridized carbons (Fsp3) is 0.750. The first-order valence-corrected chi connectivity index (χ1v) is 6.96. The van der Waals surface area contributed by atoms with Crippen LogP contribution >= 0.6 is 0 Å². The zero-order valence-electron chi connectivity index (χ0n) is 11.8. The van der Waals surface area contributed by atoms with E-state index in [1.54, 1.807) is 0 Å². The van der Waals surface area contributed by atoms with Crippen molar-refractivity contribution in [1.29, 1.82) is 0 Å². The van der Waals surface area contributed by atoms with E-state index in [2.05, 4.69) is 27.0 Å². The zero-order chi connectivity index (χ0) is 14.5. The molecule has 0 spiro atoms. The molecule has 0 saturated carbocycles. The highest BCUT2D eigenvalue weighted by molar-refractivity contribution is 5.34. The highest BCUT2D eigenvalue weighted by Crippen LogP contribution is 2.09. The summed E-state index contributed by atoms with van der Waals surface area (Å²) in [5.74, 6) is 0.759. The molecule has 1 aliphatic heterocycles. The van der Waals surface area contributed by atoms with Crippen molar-refractivity contribution in [3.05, 3.63) is 20.8 Å². The molecule has 2 rings (SSSR count). The van der Waals surface area contributed by atoms with E-state index < -0.39 is 11.2 Å². The van der Waals surface area contributed by atoms with E-state index in [-0.39, 0.29) is 0 Å². The van der Waals surface area contributed by atoms with Gasteiger partial charge in [0.05, 0.1) is 0 Å². The first-order valence-electron chi connectivity index (χ1n) is 6.96. The maximum Gasteiger partial charge on any atom is 0.342 e. The summed E-state index contributed by atoms with van der Waals surface area (Å²) in [6.07, 6.45) is 0.956. The lowest BCUT2D eigenvalue weighted by molar-refractivity contribution is 0.255. The van der Waals surface area contributed by atoms with Crippen LogP contribution in [0.1, 0.15) is 13.3 Å². The number of hydrogen-bond donors (Lipinski definition) is 3. The molecule has 0 amide bonds. The van der Waals surface area contributed by atoms with Gasteiger partial charge in [-0.15, -0.1) is 5.10 Å². The van der Waals surface area contributed by atoms with Gasteiger partial charge >= 0.3 is 5.69 Å². The molecule has 8 heteroatoms. The van der Waals surface area contributed by atoms with E-state index in [0.29, 0.717) is 18.3 Å². The zero-order valence-corrected chi connectivity index (χ0v) is 11.8. The largest absolute Gasteiger partial charge is 0.349 e. The van der Waals surface area contributed by atoms with Gasteiger partial charge in [0.2, 0.25) is 5.82 Å². The molecule has 112 valence electrons. The lowest BCUT2D eigenvalue weighted by Gasteiger charge is -2.23. The van der Waals surface area contributed by atoms with Crippen LogP contribution in [-0.4, -0.2) is 59.3 Å². The molecule has 1 aliphatic rings. The summed E-state index contributed by atoms with van der Waals surface area (Å²) in [7, 11) is 0. The fourth-order valence-electron chi connectivity index (χ4n) is 2.44. The predicted octanol–water partition coefficient (Wildman–Crippen LogP) is -1.43. The standard InChI is InChI=1S/C12H22N6O2/c1-9(7-13)8-17-3-2-4-18(6-5-17)10-11(19)14-12(20)16-15-10/h9H,2-8,13H2,1H3,(H2,14,16,19,20). The molecule has 0 bridgehead atoms. The number of nitrogens with one attached hydrogen (secondary N) is 2. The predicted molar refractivity (Wildman–Crippen MR) is 77.0 cm³/mol. The smallest absolute Gasteiger partial charge is 0.342 e. The third-order valence-corrected chi connectivity index (χ3v) is 3.55. The molecular weight excluding hydrogens is 260 g/mol. The van der Waals surface area contributed by atoms with Crippen LogP contribution in [-0.2, 0) is 0 Å². The van der Waals surface area contributed by atoms with Gasteiger partial charge in [0.25, 0.3) is 5.56 Å². The van der Waals surface area contributed by atoms with Crippen LogP contribution in [0.4, 0.5) is 5.82 Å². The van der Waals surface area contributed by atoms with Gasteiger partial charge in [0.1, 0.15) is 0 Å². The lowest BCUT2D eigenvalue weighted by atomic mass is 10.1. The average molecular weight is 282 g/mol. The molecule has 0 aliphatic carbocycles. The Bertz CT molecular complexity index is 539. The first-order chi connectivity index (χ1) is 9.60. The van der Waals surface area contributed by atoms with Crippen molar-refractivity contribution in [3.8, 4) is 0 Å². The molecular formula is C12H22N6O2. The number of H-pyrrole nitrogens is 2. The molecule has 1 saturated heterocycles.